The average molecular weight is 184 g/mol. The van der Waals surface area contributed by atoms with Crippen LogP contribution in [0.25, 0.3) is 0 Å². The van der Waals surface area contributed by atoms with Crippen molar-refractivity contribution >= 4 is 5.97 Å². The lowest BCUT2D eigenvalue weighted by molar-refractivity contribution is -0.142. The van der Waals surface area contributed by atoms with E-state index in [0.717, 1.165) is 19.3 Å². The van der Waals surface area contributed by atoms with Crippen LogP contribution in [-0.2, 0) is 4.79 Å². The summed E-state index contributed by atoms with van der Waals surface area (Å²) >= 11 is 0. The maximum atomic E-state index is 10.9. The molecule has 0 aromatic rings. The minimum atomic E-state index is -0.604. The molecule has 1 aliphatic rings. The van der Waals surface area contributed by atoms with Gasteiger partial charge in [0, 0.05) is 0 Å². The van der Waals surface area contributed by atoms with Gasteiger partial charge in [0.25, 0.3) is 0 Å². The molecule has 0 amide bonds. The Hall–Kier alpha value is -0.530. The van der Waals surface area contributed by atoms with Gasteiger partial charge in [-0.15, -0.1) is 0 Å². The molecule has 0 aromatic heterocycles. The van der Waals surface area contributed by atoms with Crippen LogP contribution < -0.4 is 0 Å². The predicted octanol–water partition coefficient (Wildman–Crippen LogP) is 2.78. The number of aliphatic carboxylic acids is 1. The predicted molar refractivity (Wildman–Crippen MR) is 52.5 cm³/mol. The van der Waals surface area contributed by atoms with Crippen LogP contribution >= 0.6 is 0 Å². The number of carboxylic acids is 1. The summed E-state index contributed by atoms with van der Waals surface area (Å²) < 4.78 is 0. The highest BCUT2D eigenvalue weighted by atomic mass is 16.4. The summed E-state index contributed by atoms with van der Waals surface area (Å²) in [6.45, 7) is 6.67. The van der Waals surface area contributed by atoms with E-state index in [-0.39, 0.29) is 5.92 Å². The zero-order chi connectivity index (χ0) is 10.0. The second kappa shape index (κ2) is 4.12. The van der Waals surface area contributed by atoms with Crippen molar-refractivity contribution in [2.75, 3.05) is 0 Å². The number of carbonyl (C=O) groups is 1. The molecule has 1 aliphatic carbocycles. The lowest BCUT2D eigenvalue weighted by atomic mass is 9.83. The maximum Gasteiger partial charge on any atom is 0.306 e. The molecule has 13 heavy (non-hydrogen) atoms. The van der Waals surface area contributed by atoms with E-state index in [0.29, 0.717) is 17.8 Å². The number of carboxylic acid groups (broad SMARTS) is 1. The Morgan fingerprint density at radius 2 is 1.77 bits per heavy atom. The summed E-state index contributed by atoms with van der Waals surface area (Å²) in [6, 6.07) is 0. The topological polar surface area (TPSA) is 37.3 Å². The quantitative estimate of drug-likeness (QED) is 0.636. The summed E-state index contributed by atoms with van der Waals surface area (Å²) in [7, 11) is 0. The summed E-state index contributed by atoms with van der Waals surface area (Å²) in [4.78, 5) is 10.9. The fourth-order valence-electron chi connectivity index (χ4n) is 2.29. The molecule has 0 aromatic carbocycles. The van der Waals surface area contributed by atoms with Crippen molar-refractivity contribution in [1.29, 1.82) is 0 Å². The summed E-state index contributed by atoms with van der Waals surface area (Å²) in [5.74, 6) is 1.21. The van der Waals surface area contributed by atoms with Crippen molar-refractivity contribution in [3.05, 3.63) is 0 Å². The maximum absolute atomic E-state index is 10.9. The van der Waals surface area contributed by atoms with Crippen molar-refractivity contribution in [3.63, 3.8) is 0 Å². The molecular formula is C11H20O2. The summed E-state index contributed by atoms with van der Waals surface area (Å²) in [6.07, 6.45) is 2.80. The molecule has 0 saturated heterocycles. The van der Waals surface area contributed by atoms with Crippen LogP contribution in [0.3, 0.4) is 0 Å². The van der Waals surface area contributed by atoms with E-state index in [1.807, 2.05) is 0 Å². The lowest BCUT2D eigenvalue weighted by Crippen LogP contribution is -2.17. The van der Waals surface area contributed by atoms with Crippen LogP contribution in [0.1, 0.15) is 40.0 Å². The third-order valence-electron chi connectivity index (χ3n) is 3.77. The molecule has 0 bridgehead atoms. The first-order chi connectivity index (χ1) is 6.02. The fraction of sp³-hybridized carbons (Fsp3) is 0.909. The Morgan fingerprint density at radius 1 is 1.15 bits per heavy atom. The third kappa shape index (κ3) is 2.45. The highest BCUT2D eigenvalue weighted by Crippen LogP contribution is 2.35. The van der Waals surface area contributed by atoms with Gasteiger partial charge in [0.15, 0.2) is 0 Å². The molecule has 1 saturated carbocycles. The first-order valence-electron chi connectivity index (χ1n) is 5.25. The van der Waals surface area contributed by atoms with Crippen molar-refractivity contribution in [2.24, 2.45) is 23.7 Å². The average Bonchev–Trinajstić information content (AvgIpc) is 2.19. The van der Waals surface area contributed by atoms with Gasteiger partial charge in [-0.1, -0.05) is 20.8 Å². The van der Waals surface area contributed by atoms with Crippen molar-refractivity contribution in [2.45, 2.75) is 40.0 Å². The van der Waals surface area contributed by atoms with Gasteiger partial charge < -0.3 is 5.11 Å². The first-order valence-corrected chi connectivity index (χ1v) is 5.25. The lowest BCUT2D eigenvalue weighted by Gasteiger charge is -2.22. The van der Waals surface area contributed by atoms with E-state index in [4.69, 9.17) is 5.11 Å². The highest BCUT2D eigenvalue weighted by molar-refractivity contribution is 5.69. The second-order valence-electron chi connectivity index (χ2n) is 4.66. The normalized spacial score (nSPS) is 41.2. The smallest absolute Gasteiger partial charge is 0.306 e. The molecule has 2 heteroatoms. The van der Waals surface area contributed by atoms with Gasteiger partial charge in [0.2, 0.25) is 0 Å². The number of rotatable bonds is 1. The van der Waals surface area contributed by atoms with Gasteiger partial charge >= 0.3 is 5.97 Å². The monoisotopic (exact) mass is 184 g/mol. The van der Waals surface area contributed by atoms with E-state index in [1.54, 1.807) is 0 Å². The Labute approximate surface area is 80.3 Å². The van der Waals surface area contributed by atoms with Gasteiger partial charge in [-0.3, -0.25) is 4.79 Å². The van der Waals surface area contributed by atoms with Crippen LogP contribution in [0.15, 0.2) is 0 Å². The molecular weight excluding hydrogens is 164 g/mol. The van der Waals surface area contributed by atoms with Gasteiger partial charge in [-0.2, -0.15) is 0 Å². The highest BCUT2D eigenvalue weighted by Gasteiger charge is 2.30. The van der Waals surface area contributed by atoms with Crippen molar-refractivity contribution in [1.82, 2.24) is 0 Å². The molecule has 1 N–H and O–H groups in total. The molecule has 0 aliphatic heterocycles. The molecule has 0 spiro atoms. The second-order valence-corrected chi connectivity index (χ2v) is 4.66. The molecule has 0 heterocycles. The molecule has 4 atom stereocenters. The van der Waals surface area contributed by atoms with Gasteiger partial charge in [0.05, 0.1) is 5.92 Å². The molecule has 4 unspecified atom stereocenters. The van der Waals surface area contributed by atoms with Crippen LogP contribution in [-0.4, -0.2) is 11.1 Å². The fourth-order valence-corrected chi connectivity index (χ4v) is 2.29. The van der Waals surface area contributed by atoms with E-state index in [9.17, 15) is 4.79 Å². The van der Waals surface area contributed by atoms with Crippen LogP contribution in [0.2, 0.25) is 0 Å². The zero-order valence-corrected chi connectivity index (χ0v) is 8.79. The van der Waals surface area contributed by atoms with Gasteiger partial charge in [0.1, 0.15) is 0 Å². The standard InChI is InChI=1S/C11H20O2/c1-7-4-5-10(11(12)13)6-8(2)9(7)3/h7-10H,4-6H2,1-3H3,(H,12,13). The number of hydrogen-bond donors (Lipinski definition) is 1. The van der Waals surface area contributed by atoms with Gasteiger partial charge in [-0.05, 0) is 37.0 Å². The van der Waals surface area contributed by atoms with E-state index >= 15 is 0 Å². The Balaban J connectivity index is 2.64. The van der Waals surface area contributed by atoms with Crippen LogP contribution in [0, 0.1) is 23.7 Å². The number of hydrogen-bond acceptors (Lipinski definition) is 1. The van der Waals surface area contributed by atoms with E-state index < -0.39 is 5.97 Å². The Morgan fingerprint density at radius 3 is 2.31 bits per heavy atom. The van der Waals surface area contributed by atoms with Crippen LogP contribution in [0.4, 0.5) is 0 Å². The minimum absolute atomic E-state index is 0.0950. The van der Waals surface area contributed by atoms with Crippen molar-refractivity contribution < 1.29 is 9.90 Å². The molecule has 1 rings (SSSR count). The van der Waals surface area contributed by atoms with Crippen LogP contribution in [0.5, 0.6) is 0 Å². The van der Waals surface area contributed by atoms with Crippen molar-refractivity contribution in [3.8, 4) is 0 Å². The van der Waals surface area contributed by atoms with E-state index in [2.05, 4.69) is 20.8 Å². The largest absolute Gasteiger partial charge is 0.481 e. The summed E-state index contributed by atoms with van der Waals surface area (Å²) in [5.41, 5.74) is 0. The first kappa shape index (κ1) is 10.6. The van der Waals surface area contributed by atoms with E-state index in [1.165, 1.54) is 0 Å². The molecule has 2 nitrogen and oxygen atoms in total. The SMILES string of the molecule is CC1CCC(C(=O)O)CC(C)C1C. The molecule has 0 radical (unpaired) electrons. The molecule has 1 fully saturated rings. The molecule has 76 valence electrons. The third-order valence-corrected chi connectivity index (χ3v) is 3.77. The minimum Gasteiger partial charge on any atom is -0.481 e. The summed E-state index contributed by atoms with van der Waals surface area (Å²) in [5, 5.41) is 8.95. The van der Waals surface area contributed by atoms with Gasteiger partial charge in [-0.25, -0.2) is 0 Å². The Kier molecular flexibility index (Phi) is 3.34. The Bertz CT molecular complexity index is 189. The zero-order valence-electron chi connectivity index (χ0n) is 8.79.